The topological polar surface area (TPSA) is 118 Å². The van der Waals surface area contributed by atoms with Crippen molar-refractivity contribution >= 4 is 32.9 Å². The Kier molecular flexibility index (Phi) is 9.18. The monoisotopic (exact) mass is 525 g/mol. The van der Waals surface area contributed by atoms with Gasteiger partial charge < -0.3 is 9.05 Å². The van der Waals surface area contributed by atoms with E-state index in [2.05, 4.69) is 0 Å². The molecule has 2 aromatic carbocycles. The minimum Gasteiger partial charge on any atom is -0.307 e. The summed E-state index contributed by atoms with van der Waals surface area (Å²) in [6.07, 6.45) is 0. The number of phosphoric ester groups is 1. The van der Waals surface area contributed by atoms with E-state index in [4.69, 9.17) is 22.6 Å². The summed E-state index contributed by atoms with van der Waals surface area (Å²) in [6, 6.07) is 12.6. The zero-order valence-electron chi connectivity index (χ0n) is 20.0. The second-order valence-electron chi connectivity index (χ2n) is 7.17. The lowest BCUT2D eigenvalue weighted by atomic mass is 10.1. The summed E-state index contributed by atoms with van der Waals surface area (Å²) >= 11 is 0. The number of hydrogen-bond donors (Lipinski definition) is 0. The Bertz CT molecular complexity index is 1110. The molecule has 190 valence electrons. The summed E-state index contributed by atoms with van der Waals surface area (Å²) < 4.78 is 54.6. The van der Waals surface area contributed by atoms with E-state index in [0.29, 0.717) is 0 Å². The summed E-state index contributed by atoms with van der Waals surface area (Å²) in [6.45, 7) is 6.37. The summed E-state index contributed by atoms with van der Waals surface area (Å²) in [7, 11) is -8.42. The molecule has 2 amide bonds. The van der Waals surface area contributed by atoms with Gasteiger partial charge in [-0.3, -0.25) is 27.7 Å². The Morgan fingerprint density at radius 2 is 1.17 bits per heavy atom. The molecule has 1 unspecified atom stereocenters. The van der Waals surface area contributed by atoms with E-state index in [1.807, 2.05) is 0 Å². The molecular weight excluding hydrogens is 496 g/mol. The highest BCUT2D eigenvalue weighted by Gasteiger charge is 2.47. The second kappa shape index (κ2) is 11.7. The van der Waals surface area contributed by atoms with Gasteiger partial charge in [0.1, 0.15) is 0 Å². The molecule has 35 heavy (non-hydrogen) atoms. The highest BCUT2D eigenvalue weighted by Crippen LogP contribution is 2.68. The molecule has 0 N–H and O–H groups in total. The van der Waals surface area contributed by atoms with Crippen LogP contribution in [0.1, 0.15) is 59.8 Å². The van der Waals surface area contributed by atoms with Crippen LogP contribution in [0.5, 0.6) is 0 Å². The van der Waals surface area contributed by atoms with Crippen molar-refractivity contribution in [1.29, 1.82) is 0 Å². The van der Waals surface area contributed by atoms with E-state index in [-0.39, 0.29) is 48.8 Å². The molecule has 10 nitrogen and oxygen atoms in total. The summed E-state index contributed by atoms with van der Waals surface area (Å²) in [5.41, 5.74) is 0.642. The fourth-order valence-electron chi connectivity index (χ4n) is 3.66. The zero-order valence-corrected chi connectivity index (χ0v) is 21.8. The van der Waals surface area contributed by atoms with E-state index in [1.54, 1.807) is 64.1 Å². The van der Waals surface area contributed by atoms with Gasteiger partial charge in [0.25, 0.3) is 11.8 Å². The smallest absolute Gasteiger partial charge is 0.307 e. The number of amides is 2. The van der Waals surface area contributed by atoms with Crippen molar-refractivity contribution in [1.82, 2.24) is 0 Å². The third-order valence-electron chi connectivity index (χ3n) is 4.95. The van der Waals surface area contributed by atoms with Crippen LogP contribution in [0.2, 0.25) is 0 Å². The third kappa shape index (κ3) is 5.65. The molecule has 1 aliphatic heterocycles. The minimum atomic E-state index is -4.25. The maximum Gasteiger partial charge on any atom is 0.475 e. The lowest BCUT2D eigenvalue weighted by Gasteiger charge is -2.31. The number of benzene rings is 2. The molecule has 0 fully saturated rings. The molecule has 1 heterocycles. The first kappa shape index (κ1) is 27.4. The number of rotatable bonds is 13. The van der Waals surface area contributed by atoms with Gasteiger partial charge in [0, 0.05) is 5.56 Å². The van der Waals surface area contributed by atoms with Crippen molar-refractivity contribution in [3.05, 3.63) is 65.2 Å². The summed E-state index contributed by atoms with van der Waals surface area (Å²) in [5.74, 6) is -2.75. The predicted molar refractivity (Wildman–Crippen MR) is 130 cm³/mol. The minimum absolute atomic E-state index is 0.0140. The number of para-hydroxylation sites is 1. The van der Waals surface area contributed by atoms with Crippen LogP contribution < -0.4 is 4.90 Å². The standard InChI is InChI=1S/C23H29NO9P2/c1-5-29-34(27,30-6-2)23(33-35(28,31-7-3)32-8-4)19-15-11-12-16-20(19)24-21(25)17-13-9-10-14-18(17)22(24)26/h9-16,23H,5-8H2,1-4H3. The highest BCUT2D eigenvalue weighted by molar-refractivity contribution is 7.55. The maximum atomic E-state index is 14.0. The molecule has 3 rings (SSSR count). The molecule has 0 spiro atoms. The lowest BCUT2D eigenvalue weighted by molar-refractivity contribution is 0.0888. The Balaban J connectivity index is 2.19. The molecule has 0 radical (unpaired) electrons. The molecular formula is C23H29NO9P2. The fraction of sp³-hybridized carbons (Fsp3) is 0.391. The van der Waals surface area contributed by atoms with E-state index >= 15 is 0 Å². The quantitative estimate of drug-likeness (QED) is 0.231. The number of imide groups is 1. The largest absolute Gasteiger partial charge is 0.475 e. The number of carbonyl (C=O) groups excluding carboxylic acids is 2. The number of phosphoric acid groups is 1. The lowest BCUT2D eigenvalue weighted by Crippen LogP contribution is -2.31. The van der Waals surface area contributed by atoms with Crippen LogP contribution in [0.3, 0.4) is 0 Å². The first-order chi connectivity index (χ1) is 16.7. The first-order valence-electron chi connectivity index (χ1n) is 11.3. The third-order valence-corrected chi connectivity index (χ3v) is 8.92. The number of hydrogen-bond acceptors (Lipinski definition) is 9. The predicted octanol–water partition coefficient (Wildman–Crippen LogP) is 5.95. The van der Waals surface area contributed by atoms with Gasteiger partial charge in [-0.15, -0.1) is 0 Å². The Labute approximate surface area is 204 Å². The first-order valence-corrected chi connectivity index (χ1v) is 14.3. The Morgan fingerprint density at radius 1 is 0.714 bits per heavy atom. The van der Waals surface area contributed by atoms with Crippen molar-refractivity contribution < 1.29 is 41.3 Å². The normalized spacial score (nSPS) is 14.9. The molecule has 0 saturated heterocycles. The van der Waals surface area contributed by atoms with Gasteiger partial charge in [-0.05, 0) is 45.9 Å². The Hall–Kier alpha value is -2.16. The zero-order chi connectivity index (χ0) is 25.6. The van der Waals surface area contributed by atoms with Crippen LogP contribution in [0, 0.1) is 0 Å². The van der Waals surface area contributed by atoms with E-state index in [0.717, 1.165) is 4.90 Å². The van der Waals surface area contributed by atoms with Gasteiger partial charge in [-0.1, -0.05) is 30.3 Å². The molecule has 12 heteroatoms. The van der Waals surface area contributed by atoms with Gasteiger partial charge in [0.2, 0.25) is 0 Å². The van der Waals surface area contributed by atoms with Crippen molar-refractivity contribution in [2.45, 2.75) is 33.5 Å². The van der Waals surface area contributed by atoms with Crippen molar-refractivity contribution in [3.63, 3.8) is 0 Å². The molecule has 0 saturated carbocycles. The van der Waals surface area contributed by atoms with Crippen LogP contribution in [0.25, 0.3) is 0 Å². The van der Waals surface area contributed by atoms with Gasteiger partial charge in [-0.25, -0.2) is 9.46 Å². The van der Waals surface area contributed by atoms with E-state index in [1.165, 1.54) is 12.1 Å². The molecule has 0 aromatic heterocycles. The molecule has 0 aliphatic carbocycles. The SMILES string of the molecule is CCOP(=O)(OCC)OC(c1ccccc1N1C(=O)c2ccccc2C1=O)P(=O)(OCC)OCC. The maximum absolute atomic E-state index is 14.0. The van der Waals surface area contributed by atoms with E-state index in [9.17, 15) is 18.7 Å². The molecule has 0 bridgehead atoms. The summed E-state index contributed by atoms with van der Waals surface area (Å²) in [4.78, 5) is 27.4. The van der Waals surface area contributed by atoms with Gasteiger partial charge in [0.15, 0.2) is 5.85 Å². The average Bonchev–Trinajstić information content (AvgIpc) is 3.08. The van der Waals surface area contributed by atoms with Crippen LogP contribution in [0.4, 0.5) is 5.69 Å². The number of anilines is 1. The van der Waals surface area contributed by atoms with Gasteiger partial charge >= 0.3 is 15.4 Å². The van der Waals surface area contributed by atoms with Gasteiger partial charge in [0.05, 0.1) is 43.2 Å². The van der Waals surface area contributed by atoms with Crippen LogP contribution >= 0.6 is 15.4 Å². The number of fused-ring (bicyclic) bond motifs is 1. The highest BCUT2D eigenvalue weighted by atomic mass is 31.2. The molecule has 1 aliphatic rings. The average molecular weight is 525 g/mol. The summed E-state index contributed by atoms with van der Waals surface area (Å²) in [5, 5.41) is 0. The number of nitrogens with zero attached hydrogens (tertiary/aromatic N) is 1. The van der Waals surface area contributed by atoms with Gasteiger partial charge in [-0.2, -0.15) is 0 Å². The second-order valence-corrected chi connectivity index (χ2v) is 10.9. The van der Waals surface area contributed by atoms with Crippen LogP contribution in [0.15, 0.2) is 48.5 Å². The molecule has 2 aromatic rings. The van der Waals surface area contributed by atoms with E-state index < -0.39 is 33.1 Å². The van der Waals surface area contributed by atoms with Crippen LogP contribution in [-0.4, -0.2) is 38.2 Å². The van der Waals surface area contributed by atoms with Crippen LogP contribution in [-0.2, 0) is 31.7 Å². The van der Waals surface area contributed by atoms with Crippen molar-refractivity contribution in [2.24, 2.45) is 0 Å². The Morgan fingerprint density at radius 3 is 1.66 bits per heavy atom. The fourth-order valence-corrected chi connectivity index (χ4v) is 7.28. The van der Waals surface area contributed by atoms with Crippen molar-refractivity contribution in [2.75, 3.05) is 31.3 Å². The number of carbonyl (C=O) groups is 2. The van der Waals surface area contributed by atoms with Crippen molar-refractivity contribution in [3.8, 4) is 0 Å². The molecule has 1 atom stereocenters.